The van der Waals surface area contributed by atoms with Crippen molar-refractivity contribution in [3.63, 3.8) is 0 Å². The molecule has 0 fully saturated rings. The van der Waals surface area contributed by atoms with Gasteiger partial charge in [-0.3, -0.25) is 4.79 Å². The van der Waals surface area contributed by atoms with Gasteiger partial charge in [-0.25, -0.2) is 0 Å². The van der Waals surface area contributed by atoms with Crippen LogP contribution in [0.15, 0.2) is 24.3 Å². The van der Waals surface area contributed by atoms with Crippen LogP contribution >= 0.6 is 0 Å². The van der Waals surface area contributed by atoms with Crippen molar-refractivity contribution in [2.75, 3.05) is 0 Å². The van der Waals surface area contributed by atoms with Gasteiger partial charge in [0.2, 0.25) is 0 Å². The second-order valence-corrected chi connectivity index (χ2v) is 3.44. The van der Waals surface area contributed by atoms with Crippen LogP contribution in [0, 0.1) is 0 Å². The quantitative estimate of drug-likeness (QED) is 0.234. The molecule has 0 saturated carbocycles. The Balaban J connectivity index is 3.02. The van der Waals surface area contributed by atoms with E-state index >= 15 is 0 Å². The van der Waals surface area contributed by atoms with Crippen LogP contribution in [0.25, 0.3) is 0 Å². The molecule has 0 bridgehead atoms. The Morgan fingerprint density at radius 2 is 1.50 bits per heavy atom. The SMILES string of the molecule is CC/C=C/CCCCCC/C=C/C=O. The molecule has 0 aliphatic rings. The standard InChI is InChI=1S/C13H22O/c1-2-3-4-5-6-7-8-9-10-11-12-13-14/h3-4,11-13H,2,5-10H2,1H3/b4-3+,12-11+. The summed E-state index contributed by atoms with van der Waals surface area (Å²) in [5, 5.41) is 0. The molecule has 0 aromatic heterocycles. The van der Waals surface area contributed by atoms with Gasteiger partial charge in [-0.15, -0.1) is 0 Å². The van der Waals surface area contributed by atoms with Crippen molar-refractivity contribution < 1.29 is 4.79 Å². The molecule has 1 nitrogen and oxygen atoms in total. The predicted octanol–water partition coefficient (Wildman–Crippen LogP) is 4.05. The van der Waals surface area contributed by atoms with E-state index in [0.717, 1.165) is 19.1 Å². The zero-order valence-electron chi connectivity index (χ0n) is 9.24. The van der Waals surface area contributed by atoms with E-state index in [2.05, 4.69) is 19.1 Å². The fourth-order valence-electron chi connectivity index (χ4n) is 1.31. The van der Waals surface area contributed by atoms with Crippen molar-refractivity contribution in [1.29, 1.82) is 0 Å². The number of rotatable bonds is 9. The molecule has 0 aromatic rings. The maximum absolute atomic E-state index is 9.95. The summed E-state index contributed by atoms with van der Waals surface area (Å²) >= 11 is 0. The van der Waals surface area contributed by atoms with Gasteiger partial charge in [-0.1, -0.05) is 38.0 Å². The highest BCUT2D eigenvalue weighted by molar-refractivity contribution is 5.64. The van der Waals surface area contributed by atoms with Gasteiger partial charge in [0.05, 0.1) is 0 Å². The van der Waals surface area contributed by atoms with E-state index in [-0.39, 0.29) is 0 Å². The fourth-order valence-corrected chi connectivity index (χ4v) is 1.31. The summed E-state index contributed by atoms with van der Waals surface area (Å²) in [7, 11) is 0. The zero-order chi connectivity index (χ0) is 10.5. The first-order chi connectivity index (χ1) is 6.91. The first-order valence-electron chi connectivity index (χ1n) is 5.67. The van der Waals surface area contributed by atoms with Gasteiger partial charge < -0.3 is 0 Å². The molecule has 0 unspecified atom stereocenters. The highest BCUT2D eigenvalue weighted by Gasteiger charge is 1.86. The monoisotopic (exact) mass is 194 g/mol. The lowest BCUT2D eigenvalue weighted by atomic mass is 10.1. The van der Waals surface area contributed by atoms with E-state index < -0.39 is 0 Å². The Hall–Kier alpha value is -0.850. The van der Waals surface area contributed by atoms with Crippen molar-refractivity contribution in [2.45, 2.75) is 51.9 Å². The molecule has 0 aromatic carbocycles. The van der Waals surface area contributed by atoms with Gasteiger partial charge in [0, 0.05) is 0 Å². The van der Waals surface area contributed by atoms with E-state index in [0.29, 0.717) is 0 Å². The topological polar surface area (TPSA) is 17.1 Å². The molecule has 0 aliphatic heterocycles. The first-order valence-corrected chi connectivity index (χ1v) is 5.67. The van der Waals surface area contributed by atoms with Crippen molar-refractivity contribution >= 4 is 6.29 Å². The average molecular weight is 194 g/mol. The van der Waals surface area contributed by atoms with Gasteiger partial charge >= 0.3 is 0 Å². The second-order valence-electron chi connectivity index (χ2n) is 3.44. The molecular weight excluding hydrogens is 172 g/mol. The predicted molar refractivity (Wildman–Crippen MR) is 62.3 cm³/mol. The molecule has 1 heteroatoms. The van der Waals surface area contributed by atoms with Gasteiger partial charge in [0.25, 0.3) is 0 Å². The molecule has 0 radical (unpaired) electrons. The van der Waals surface area contributed by atoms with Crippen LogP contribution in [0.4, 0.5) is 0 Å². The smallest absolute Gasteiger partial charge is 0.142 e. The molecule has 0 saturated heterocycles. The van der Waals surface area contributed by atoms with Crippen LogP contribution < -0.4 is 0 Å². The van der Waals surface area contributed by atoms with Gasteiger partial charge in [0.1, 0.15) is 6.29 Å². The largest absolute Gasteiger partial charge is 0.299 e. The van der Waals surface area contributed by atoms with Crippen LogP contribution in [0.1, 0.15) is 51.9 Å². The Morgan fingerprint density at radius 1 is 0.857 bits per heavy atom. The summed E-state index contributed by atoms with van der Waals surface area (Å²) in [4.78, 5) is 9.95. The van der Waals surface area contributed by atoms with E-state index in [1.807, 2.05) is 6.08 Å². The van der Waals surface area contributed by atoms with Gasteiger partial charge in [-0.05, 0) is 38.2 Å². The summed E-state index contributed by atoms with van der Waals surface area (Å²) in [6, 6.07) is 0. The number of carbonyl (C=O) groups excluding carboxylic acids is 1. The first kappa shape index (κ1) is 13.2. The summed E-state index contributed by atoms with van der Waals surface area (Å²) in [6.07, 6.45) is 17.4. The number of unbranched alkanes of at least 4 members (excludes halogenated alkanes) is 5. The summed E-state index contributed by atoms with van der Waals surface area (Å²) in [5.41, 5.74) is 0. The second kappa shape index (κ2) is 12.2. The maximum Gasteiger partial charge on any atom is 0.142 e. The molecule has 0 rings (SSSR count). The summed E-state index contributed by atoms with van der Waals surface area (Å²) < 4.78 is 0. The number of allylic oxidation sites excluding steroid dienone is 4. The maximum atomic E-state index is 9.95. The molecule has 0 heterocycles. The van der Waals surface area contributed by atoms with Crippen LogP contribution in [-0.4, -0.2) is 6.29 Å². The molecule has 0 N–H and O–H groups in total. The van der Waals surface area contributed by atoms with Crippen molar-refractivity contribution in [3.05, 3.63) is 24.3 Å². The van der Waals surface area contributed by atoms with Crippen LogP contribution in [0.3, 0.4) is 0 Å². The lowest BCUT2D eigenvalue weighted by molar-refractivity contribution is -0.104. The summed E-state index contributed by atoms with van der Waals surface area (Å²) in [5.74, 6) is 0. The molecular formula is C13H22O. The third-order valence-corrected chi connectivity index (χ3v) is 2.11. The normalized spacial score (nSPS) is 11.5. The number of carbonyl (C=O) groups is 1. The minimum atomic E-state index is 0.843. The zero-order valence-corrected chi connectivity index (χ0v) is 9.24. The van der Waals surface area contributed by atoms with Crippen molar-refractivity contribution in [2.24, 2.45) is 0 Å². The highest BCUT2D eigenvalue weighted by atomic mass is 16.1. The third-order valence-electron chi connectivity index (χ3n) is 2.11. The van der Waals surface area contributed by atoms with E-state index in [4.69, 9.17) is 0 Å². The number of hydrogen-bond donors (Lipinski definition) is 0. The van der Waals surface area contributed by atoms with E-state index in [1.54, 1.807) is 6.08 Å². The molecule has 14 heavy (non-hydrogen) atoms. The lowest BCUT2D eigenvalue weighted by Gasteiger charge is -1.96. The average Bonchev–Trinajstić information content (AvgIpc) is 2.21. The van der Waals surface area contributed by atoms with Crippen LogP contribution in [0.2, 0.25) is 0 Å². The molecule has 80 valence electrons. The van der Waals surface area contributed by atoms with Gasteiger partial charge in [-0.2, -0.15) is 0 Å². The Labute approximate surface area is 87.9 Å². The molecule has 0 spiro atoms. The highest BCUT2D eigenvalue weighted by Crippen LogP contribution is 2.06. The Morgan fingerprint density at radius 3 is 2.07 bits per heavy atom. The fraction of sp³-hybridized carbons (Fsp3) is 0.615. The molecule has 0 aliphatic carbocycles. The number of hydrogen-bond acceptors (Lipinski definition) is 1. The summed E-state index contributed by atoms with van der Waals surface area (Å²) in [6.45, 7) is 2.16. The van der Waals surface area contributed by atoms with Crippen molar-refractivity contribution in [3.8, 4) is 0 Å². The molecule has 0 atom stereocenters. The third kappa shape index (κ3) is 11.2. The van der Waals surface area contributed by atoms with Crippen molar-refractivity contribution in [1.82, 2.24) is 0 Å². The van der Waals surface area contributed by atoms with E-state index in [1.165, 1.54) is 32.1 Å². The Kier molecular flexibility index (Phi) is 11.4. The molecule has 0 amide bonds. The lowest BCUT2D eigenvalue weighted by Crippen LogP contribution is -1.76. The Bertz CT molecular complexity index is 168. The van der Waals surface area contributed by atoms with Crippen LogP contribution in [-0.2, 0) is 4.79 Å². The number of aldehydes is 1. The van der Waals surface area contributed by atoms with Crippen LogP contribution in [0.5, 0.6) is 0 Å². The minimum Gasteiger partial charge on any atom is -0.299 e. The minimum absolute atomic E-state index is 0.843. The van der Waals surface area contributed by atoms with Gasteiger partial charge in [0.15, 0.2) is 0 Å². The van der Waals surface area contributed by atoms with E-state index in [9.17, 15) is 4.79 Å².